The van der Waals surface area contributed by atoms with E-state index in [1.54, 1.807) is 9.80 Å². The van der Waals surface area contributed by atoms with E-state index in [4.69, 9.17) is 0 Å². The summed E-state index contributed by atoms with van der Waals surface area (Å²) in [6.45, 7) is 0. The van der Waals surface area contributed by atoms with Gasteiger partial charge in [0.2, 0.25) is 11.8 Å². The zero-order chi connectivity index (χ0) is 17.2. The summed E-state index contributed by atoms with van der Waals surface area (Å²) in [6, 6.07) is 15.8. The van der Waals surface area contributed by atoms with E-state index < -0.39 is 0 Å². The minimum absolute atomic E-state index is 0.204. The first-order valence-corrected chi connectivity index (χ1v) is 9.11. The number of benzene rings is 2. The second-order valence-electron chi connectivity index (χ2n) is 6.70. The Bertz CT molecular complexity index is 702. The van der Waals surface area contributed by atoms with E-state index in [9.17, 15) is 9.59 Å². The molecule has 0 aliphatic carbocycles. The third-order valence-corrected chi connectivity index (χ3v) is 4.91. The van der Waals surface area contributed by atoms with Crippen LogP contribution in [0.2, 0.25) is 0 Å². The topological polar surface area (TPSA) is 40.2 Å². The lowest BCUT2D eigenvalue weighted by molar-refractivity contribution is -0.118. The van der Waals surface area contributed by atoms with Gasteiger partial charge in [-0.25, -0.2) is 0 Å². The first-order chi connectivity index (χ1) is 12.3. The number of para-hydroxylation sites is 4. The molecule has 0 radical (unpaired) electrons. The van der Waals surface area contributed by atoms with Gasteiger partial charge < -0.3 is 0 Å². The van der Waals surface area contributed by atoms with Crippen LogP contribution in [0.4, 0.5) is 22.7 Å². The molecule has 0 fully saturated rings. The molecule has 2 aliphatic rings. The summed E-state index contributed by atoms with van der Waals surface area (Å²) in [5, 5.41) is 0. The third kappa shape index (κ3) is 3.29. The third-order valence-electron chi connectivity index (χ3n) is 4.91. The van der Waals surface area contributed by atoms with Crippen molar-refractivity contribution in [1.82, 2.24) is 0 Å². The summed E-state index contributed by atoms with van der Waals surface area (Å²) >= 11 is 0. The molecule has 0 atom stereocenters. The molecule has 0 N–H and O–H groups in total. The Hall–Kier alpha value is -2.62. The summed E-state index contributed by atoms with van der Waals surface area (Å²) in [5.41, 5.74) is 4.23. The van der Waals surface area contributed by atoms with Crippen molar-refractivity contribution in [2.45, 2.75) is 44.9 Å². The molecular formula is C21H22N2O2. The minimum Gasteiger partial charge on any atom is -0.277 e. The summed E-state index contributed by atoms with van der Waals surface area (Å²) in [4.78, 5) is 27.8. The molecule has 0 spiro atoms. The number of unbranched alkanes of at least 4 members (excludes halogenated alkanes) is 4. The highest BCUT2D eigenvalue weighted by atomic mass is 16.2. The fourth-order valence-electron chi connectivity index (χ4n) is 3.45. The summed E-state index contributed by atoms with van der Waals surface area (Å²) in [7, 11) is 0. The molecule has 0 aromatic heterocycles. The van der Waals surface area contributed by atoms with Crippen LogP contribution in [0.1, 0.15) is 44.9 Å². The van der Waals surface area contributed by atoms with Crippen LogP contribution in [0.3, 0.4) is 0 Å². The molecule has 128 valence electrons. The number of fused-ring (bicyclic) bond motifs is 2. The lowest BCUT2D eigenvalue weighted by Gasteiger charge is -2.04. The van der Waals surface area contributed by atoms with Crippen LogP contribution in [-0.2, 0) is 9.59 Å². The Kier molecular flexibility index (Phi) is 4.26. The van der Waals surface area contributed by atoms with Gasteiger partial charge in [0.25, 0.3) is 0 Å². The van der Waals surface area contributed by atoms with E-state index in [-0.39, 0.29) is 11.8 Å². The molecule has 2 aromatic rings. The number of nitrogens with zero attached hydrogens (tertiary/aromatic N) is 2. The lowest BCUT2D eigenvalue weighted by Crippen LogP contribution is -2.12. The number of amides is 2. The van der Waals surface area contributed by atoms with Gasteiger partial charge in [0.05, 0.1) is 22.7 Å². The maximum Gasteiger partial charge on any atom is 0.231 e. The van der Waals surface area contributed by atoms with Crippen LogP contribution >= 0.6 is 0 Å². The molecule has 4 heteroatoms. The van der Waals surface area contributed by atoms with Crippen molar-refractivity contribution in [1.29, 1.82) is 0 Å². The van der Waals surface area contributed by atoms with E-state index >= 15 is 0 Å². The number of anilines is 4. The van der Waals surface area contributed by atoms with E-state index in [0.717, 1.165) is 54.9 Å². The molecule has 0 saturated carbocycles. The molecule has 4 nitrogen and oxygen atoms in total. The van der Waals surface area contributed by atoms with Gasteiger partial charge in [-0.3, -0.25) is 19.4 Å². The Morgan fingerprint density at radius 1 is 0.560 bits per heavy atom. The molecule has 25 heavy (non-hydrogen) atoms. The highest BCUT2D eigenvalue weighted by molar-refractivity contribution is 6.16. The maximum absolute atomic E-state index is 12.1. The molecular weight excluding hydrogens is 312 g/mol. The molecule has 0 saturated heterocycles. The predicted octanol–water partition coefficient (Wildman–Crippen LogP) is 5.07. The lowest BCUT2D eigenvalue weighted by atomic mass is 10.1. The molecule has 2 amide bonds. The van der Waals surface area contributed by atoms with E-state index in [2.05, 4.69) is 0 Å². The average Bonchev–Trinajstić information content (AvgIpc) is 3.52. The van der Waals surface area contributed by atoms with Crippen LogP contribution in [0.25, 0.3) is 0 Å². The molecule has 2 heterocycles. The molecule has 0 unspecified atom stereocenters. The van der Waals surface area contributed by atoms with Crippen molar-refractivity contribution >= 4 is 34.6 Å². The van der Waals surface area contributed by atoms with Gasteiger partial charge in [0.1, 0.15) is 0 Å². The first kappa shape index (κ1) is 15.9. The van der Waals surface area contributed by atoms with Crippen molar-refractivity contribution in [3.8, 4) is 0 Å². The van der Waals surface area contributed by atoms with Crippen molar-refractivity contribution in [2.75, 3.05) is 9.80 Å². The SMILES string of the molecule is O=C(CCCCCCCC(=O)N1c2ccccc21)N1c2ccccc21. The van der Waals surface area contributed by atoms with Crippen LogP contribution < -0.4 is 9.80 Å². The predicted molar refractivity (Wildman–Crippen MR) is 99.5 cm³/mol. The van der Waals surface area contributed by atoms with Gasteiger partial charge in [0.15, 0.2) is 0 Å². The minimum atomic E-state index is 0.204. The van der Waals surface area contributed by atoms with Crippen molar-refractivity contribution in [2.24, 2.45) is 0 Å². The Balaban J connectivity index is 1.05. The maximum atomic E-state index is 12.1. The van der Waals surface area contributed by atoms with Crippen LogP contribution in [0, 0.1) is 0 Å². The van der Waals surface area contributed by atoms with E-state index in [1.807, 2.05) is 48.5 Å². The number of carbonyl (C=O) groups is 2. The first-order valence-electron chi connectivity index (χ1n) is 9.11. The highest BCUT2D eigenvalue weighted by Crippen LogP contribution is 2.48. The Morgan fingerprint density at radius 3 is 1.24 bits per heavy atom. The summed E-state index contributed by atoms with van der Waals surface area (Å²) < 4.78 is 0. The normalized spacial score (nSPS) is 13.3. The summed E-state index contributed by atoms with van der Waals surface area (Å²) in [6.07, 6.45) is 6.25. The Labute approximate surface area is 148 Å². The standard InChI is InChI=1S/C21H22N2O2/c24-20(22-16-10-6-7-11-17(16)22)14-4-2-1-3-5-15-21(25)23-18-12-8-9-13-19(18)23/h6-13H,1-5,14-15H2. The van der Waals surface area contributed by atoms with Crippen LogP contribution in [0.5, 0.6) is 0 Å². The second-order valence-corrected chi connectivity index (χ2v) is 6.70. The molecule has 2 aliphatic heterocycles. The molecule has 0 bridgehead atoms. The van der Waals surface area contributed by atoms with Crippen LogP contribution in [-0.4, -0.2) is 11.8 Å². The van der Waals surface area contributed by atoms with Crippen molar-refractivity contribution in [3.63, 3.8) is 0 Å². The van der Waals surface area contributed by atoms with Crippen molar-refractivity contribution in [3.05, 3.63) is 48.5 Å². The fourth-order valence-corrected chi connectivity index (χ4v) is 3.45. The van der Waals surface area contributed by atoms with Gasteiger partial charge in [-0.15, -0.1) is 0 Å². The van der Waals surface area contributed by atoms with E-state index in [1.165, 1.54) is 0 Å². The highest BCUT2D eigenvalue weighted by Gasteiger charge is 2.34. The van der Waals surface area contributed by atoms with Crippen LogP contribution in [0.15, 0.2) is 48.5 Å². The largest absolute Gasteiger partial charge is 0.277 e. The molecule has 2 aromatic carbocycles. The van der Waals surface area contributed by atoms with Crippen molar-refractivity contribution < 1.29 is 9.59 Å². The second kappa shape index (κ2) is 6.71. The summed E-state index contributed by atoms with van der Waals surface area (Å²) in [5.74, 6) is 0.409. The van der Waals surface area contributed by atoms with Gasteiger partial charge in [0, 0.05) is 12.8 Å². The number of carbonyl (C=O) groups excluding carboxylic acids is 2. The zero-order valence-corrected chi connectivity index (χ0v) is 14.3. The smallest absolute Gasteiger partial charge is 0.231 e. The number of hydrogen-bond donors (Lipinski definition) is 0. The number of hydrogen-bond acceptors (Lipinski definition) is 2. The van der Waals surface area contributed by atoms with E-state index in [0.29, 0.717) is 12.8 Å². The monoisotopic (exact) mass is 334 g/mol. The van der Waals surface area contributed by atoms with Gasteiger partial charge in [-0.1, -0.05) is 43.5 Å². The van der Waals surface area contributed by atoms with Gasteiger partial charge in [-0.05, 0) is 37.1 Å². The van der Waals surface area contributed by atoms with Gasteiger partial charge in [-0.2, -0.15) is 0 Å². The Morgan fingerprint density at radius 2 is 0.880 bits per heavy atom. The van der Waals surface area contributed by atoms with Gasteiger partial charge >= 0.3 is 0 Å². The fraction of sp³-hybridized carbons (Fsp3) is 0.333. The zero-order valence-electron chi connectivity index (χ0n) is 14.3. The average molecular weight is 334 g/mol. The quantitative estimate of drug-likeness (QED) is 0.499. The molecule has 4 rings (SSSR count). The number of rotatable bonds is 8.